The van der Waals surface area contributed by atoms with E-state index in [0.717, 1.165) is 12.1 Å². The number of carbonyl (C=O) groups excluding carboxylic acids is 1. The molecule has 2 aliphatic rings. The number of fused-ring (bicyclic) bond motifs is 4. The van der Waals surface area contributed by atoms with E-state index in [1.807, 2.05) is 0 Å². The number of nitrogens with one attached hydrogen (secondary N) is 1. The largest absolute Gasteiger partial charge is 0.490 e. The lowest BCUT2D eigenvalue weighted by Crippen LogP contribution is -2.48. The van der Waals surface area contributed by atoms with E-state index in [4.69, 9.17) is 9.84 Å². The van der Waals surface area contributed by atoms with Gasteiger partial charge in [-0.05, 0) is 18.6 Å². The van der Waals surface area contributed by atoms with Gasteiger partial charge in [0.15, 0.2) is 17.4 Å². The summed E-state index contributed by atoms with van der Waals surface area (Å²) < 4.78 is 45.0. The summed E-state index contributed by atoms with van der Waals surface area (Å²) >= 11 is 0. The Labute approximate surface area is 203 Å². The molecule has 4 heterocycles. The maximum atomic E-state index is 13.3. The Morgan fingerprint density at radius 1 is 1.19 bits per heavy atom. The second-order valence-corrected chi connectivity index (χ2v) is 8.34. The Morgan fingerprint density at radius 3 is 2.75 bits per heavy atom. The molecule has 3 aromatic rings. The van der Waals surface area contributed by atoms with Crippen LogP contribution in [0.15, 0.2) is 42.9 Å². The third kappa shape index (κ3) is 4.73. The minimum Gasteiger partial charge on any atom is -0.490 e. The van der Waals surface area contributed by atoms with Gasteiger partial charge < -0.3 is 14.7 Å². The molecule has 1 saturated heterocycles. The Bertz CT molecular complexity index is 1260. The molecule has 10 nitrogen and oxygen atoms in total. The van der Waals surface area contributed by atoms with Gasteiger partial charge in [0.1, 0.15) is 0 Å². The van der Waals surface area contributed by atoms with E-state index in [1.54, 1.807) is 0 Å². The summed E-state index contributed by atoms with van der Waals surface area (Å²) in [7, 11) is 0. The van der Waals surface area contributed by atoms with Crippen molar-refractivity contribution in [2.75, 3.05) is 41.4 Å². The number of hydrogen-bond acceptors (Lipinski definition) is 8. The standard InChI is InChI=1S/C23H22F3N7O3/c24-23(25,26)15-4-1-3-14(9-15)19-27-12-18-20(30-19)33(16-5-6-32(18)13-16)22(35)31-21-28-10-17(11-29-21)36-8-2-7-34/h1,3-4,9-12,16,34H,2,5-8,13H2,(H,28,29,31,35). The number of aliphatic hydroxyl groups excluding tert-OH is 1. The number of nitrogens with zero attached hydrogens (tertiary/aromatic N) is 6. The van der Waals surface area contributed by atoms with Crippen LogP contribution >= 0.6 is 0 Å². The lowest BCUT2D eigenvalue weighted by Gasteiger charge is -2.35. The molecule has 5 rings (SSSR count). The number of hydrogen-bond donors (Lipinski definition) is 2. The molecule has 2 aliphatic heterocycles. The molecular weight excluding hydrogens is 479 g/mol. The fraction of sp³-hybridized carbons (Fsp3) is 0.348. The van der Waals surface area contributed by atoms with Crippen LogP contribution in [0.4, 0.5) is 35.4 Å². The number of amides is 2. The van der Waals surface area contributed by atoms with Crippen molar-refractivity contribution >= 4 is 23.5 Å². The summed E-state index contributed by atoms with van der Waals surface area (Å²) in [6.07, 6.45) is 1.02. The van der Waals surface area contributed by atoms with Crippen molar-refractivity contribution in [1.29, 1.82) is 0 Å². The van der Waals surface area contributed by atoms with Gasteiger partial charge >= 0.3 is 12.2 Å². The quantitative estimate of drug-likeness (QED) is 0.494. The first-order chi connectivity index (χ1) is 17.3. The Morgan fingerprint density at radius 2 is 2.00 bits per heavy atom. The van der Waals surface area contributed by atoms with Gasteiger partial charge in [-0.3, -0.25) is 10.2 Å². The molecule has 188 valence electrons. The van der Waals surface area contributed by atoms with Crippen LogP contribution in [0.5, 0.6) is 5.75 Å². The highest BCUT2D eigenvalue weighted by atomic mass is 19.4. The second-order valence-electron chi connectivity index (χ2n) is 8.34. The van der Waals surface area contributed by atoms with E-state index >= 15 is 0 Å². The van der Waals surface area contributed by atoms with Gasteiger partial charge in [-0.1, -0.05) is 12.1 Å². The normalized spacial score (nSPS) is 16.6. The predicted molar refractivity (Wildman–Crippen MR) is 124 cm³/mol. The van der Waals surface area contributed by atoms with E-state index in [-0.39, 0.29) is 30.0 Å². The van der Waals surface area contributed by atoms with E-state index < -0.39 is 17.8 Å². The number of anilines is 3. The average Bonchev–Trinajstić information content (AvgIpc) is 3.29. The molecule has 2 amide bonds. The first-order valence-electron chi connectivity index (χ1n) is 11.3. The molecule has 1 atom stereocenters. The summed E-state index contributed by atoms with van der Waals surface area (Å²) in [6, 6.07) is 4.08. The van der Waals surface area contributed by atoms with Gasteiger partial charge in [-0.15, -0.1) is 0 Å². The van der Waals surface area contributed by atoms with Gasteiger partial charge in [-0.25, -0.2) is 24.7 Å². The third-order valence-electron chi connectivity index (χ3n) is 5.93. The van der Waals surface area contributed by atoms with Gasteiger partial charge in [0.25, 0.3) is 0 Å². The third-order valence-corrected chi connectivity index (χ3v) is 5.93. The van der Waals surface area contributed by atoms with Crippen LogP contribution < -0.4 is 19.9 Å². The van der Waals surface area contributed by atoms with E-state index in [0.29, 0.717) is 49.8 Å². The smallest absolute Gasteiger partial charge is 0.416 e. The zero-order valence-electron chi connectivity index (χ0n) is 18.9. The van der Waals surface area contributed by atoms with E-state index in [9.17, 15) is 18.0 Å². The number of aliphatic hydroxyl groups is 1. The molecule has 36 heavy (non-hydrogen) atoms. The molecule has 2 aromatic heterocycles. The molecule has 0 radical (unpaired) electrons. The van der Waals surface area contributed by atoms with Gasteiger partial charge in [0.2, 0.25) is 5.95 Å². The summed E-state index contributed by atoms with van der Waals surface area (Å²) in [5, 5.41) is 11.5. The topological polar surface area (TPSA) is 117 Å². The van der Waals surface area contributed by atoms with Crippen molar-refractivity contribution in [2.24, 2.45) is 0 Å². The number of alkyl halides is 3. The second kappa shape index (κ2) is 9.57. The molecule has 0 saturated carbocycles. The Hall–Kier alpha value is -4.00. The molecule has 0 spiro atoms. The number of carbonyl (C=O) groups is 1. The fourth-order valence-corrected chi connectivity index (χ4v) is 4.21. The molecule has 1 unspecified atom stereocenters. The van der Waals surface area contributed by atoms with Crippen LogP contribution in [-0.4, -0.2) is 63.4 Å². The lowest BCUT2D eigenvalue weighted by atomic mass is 10.1. The van der Waals surface area contributed by atoms with Crippen LogP contribution in [0.25, 0.3) is 11.4 Å². The lowest BCUT2D eigenvalue weighted by molar-refractivity contribution is -0.137. The number of rotatable bonds is 6. The van der Waals surface area contributed by atoms with Crippen molar-refractivity contribution in [3.05, 3.63) is 48.4 Å². The average molecular weight is 501 g/mol. The summed E-state index contributed by atoms with van der Waals surface area (Å²) in [5.74, 6) is 0.853. The minimum absolute atomic E-state index is 0.00390. The first kappa shape index (κ1) is 23.7. The van der Waals surface area contributed by atoms with Gasteiger partial charge in [-0.2, -0.15) is 13.2 Å². The monoisotopic (exact) mass is 501 g/mol. The summed E-state index contributed by atoms with van der Waals surface area (Å²) in [5.41, 5.74) is 0.0184. The van der Waals surface area contributed by atoms with Crippen molar-refractivity contribution in [2.45, 2.75) is 25.1 Å². The van der Waals surface area contributed by atoms with Crippen LogP contribution in [-0.2, 0) is 6.18 Å². The van der Waals surface area contributed by atoms with Crippen LogP contribution in [0.2, 0.25) is 0 Å². The molecule has 0 aliphatic carbocycles. The van der Waals surface area contributed by atoms with Crippen LogP contribution in [0.1, 0.15) is 18.4 Å². The molecule has 1 fully saturated rings. The fourth-order valence-electron chi connectivity index (χ4n) is 4.21. The zero-order chi connectivity index (χ0) is 25.3. The molecular formula is C23H22F3N7O3. The predicted octanol–water partition coefficient (Wildman–Crippen LogP) is 3.34. The van der Waals surface area contributed by atoms with E-state index in [1.165, 1.54) is 35.6 Å². The summed E-state index contributed by atoms with van der Waals surface area (Å²) in [6.45, 7) is 1.60. The van der Waals surface area contributed by atoms with Crippen molar-refractivity contribution < 1.29 is 27.8 Å². The number of aromatic nitrogens is 4. The highest BCUT2D eigenvalue weighted by Crippen LogP contribution is 2.40. The summed E-state index contributed by atoms with van der Waals surface area (Å²) in [4.78, 5) is 33.8. The van der Waals surface area contributed by atoms with Crippen LogP contribution in [0, 0.1) is 0 Å². The van der Waals surface area contributed by atoms with Crippen molar-refractivity contribution in [3.8, 4) is 17.1 Å². The maximum Gasteiger partial charge on any atom is 0.416 e. The SMILES string of the molecule is O=C(Nc1ncc(OCCCO)cn1)N1c2nc(-c3cccc(C(F)(F)F)c3)ncc2N2CCC1C2. The van der Waals surface area contributed by atoms with Gasteiger partial charge in [0.05, 0.1) is 42.5 Å². The minimum atomic E-state index is -4.50. The Balaban J connectivity index is 1.41. The molecule has 13 heteroatoms. The highest BCUT2D eigenvalue weighted by molar-refractivity contribution is 6.03. The number of benzene rings is 1. The van der Waals surface area contributed by atoms with Crippen LogP contribution in [0.3, 0.4) is 0 Å². The van der Waals surface area contributed by atoms with Gasteiger partial charge in [0, 0.05) is 31.7 Å². The molecule has 2 bridgehead atoms. The first-order valence-corrected chi connectivity index (χ1v) is 11.3. The zero-order valence-corrected chi connectivity index (χ0v) is 18.9. The Kier molecular flexibility index (Phi) is 6.31. The number of urea groups is 1. The molecule has 2 N–H and O–H groups in total. The number of ether oxygens (including phenoxy) is 1. The van der Waals surface area contributed by atoms with Crippen molar-refractivity contribution in [3.63, 3.8) is 0 Å². The van der Waals surface area contributed by atoms with Crippen molar-refractivity contribution in [1.82, 2.24) is 19.9 Å². The van der Waals surface area contributed by atoms with E-state index in [2.05, 4.69) is 30.2 Å². The highest BCUT2D eigenvalue weighted by Gasteiger charge is 2.41. The number of halogens is 3. The maximum absolute atomic E-state index is 13.3. The molecule has 1 aromatic carbocycles.